The second kappa shape index (κ2) is 9.56. The van der Waals surface area contributed by atoms with Crippen molar-refractivity contribution in [3.63, 3.8) is 0 Å². The van der Waals surface area contributed by atoms with Gasteiger partial charge in [0.2, 0.25) is 5.91 Å². The van der Waals surface area contributed by atoms with Crippen molar-refractivity contribution in [2.45, 2.75) is 19.4 Å². The molecule has 3 rings (SSSR count). The Morgan fingerprint density at radius 1 is 1.04 bits per heavy atom. The first-order valence-corrected chi connectivity index (χ1v) is 10.1. The normalized spacial score (nSPS) is 16.9. The molecule has 1 atom stereocenters. The third kappa shape index (κ3) is 5.45. The minimum atomic E-state index is -0.212. The molecule has 1 heterocycles. The van der Waals surface area contributed by atoms with Crippen molar-refractivity contribution < 1.29 is 4.79 Å². The van der Waals surface area contributed by atoms with Gasteiger partial charge in [0.05, 0.1) is 21.8 Å². The molecule has 0 bridgehead atoms. The van der Waals surface area contributed by atoms with E-state index >= 15 is 0 Å². The highest BCUT2D eigenvalue weighted by molar-refractivity contribution is 6.44. The largest absolute Gasteiger partial charge is 0.323 e. The Bertz CT molecular complexity index is 761. The lowest BCUT2D eigenvalue weighted by Crippen LogP contribution is -2.53. The fourth-order valence-corrected chi connectivity index (χ4v) is 3.66. The predicted molar refractivity (Wildman–Crippen MR) is 113 cm³/mol. The van der Waals surface area contributed by atoms with Crippen molar-refractivity contribution in [1.82, 2.24) is 9.80 Å². The van der Waals surface area contributed by atoms with Crippen molar-refractivity contribution >= 4 is 34.8 Å². The van der Waals surface area contributed by atoms with Gasteiger partial charge in [-0.25, -0.2) is 0 Å². The SMILES string of the molecule is C[C@@H](C(=O)Nc1cccc(Cl)c1Cl)N1CCN(CCc2ccccc2)CC1. The number of carbonyl (C=O) groups is 1. The van der Waals surface area contributed by atoms with Gasteiger partial charge < -0.3 is 10.2 Å². The second-order valence-corrected chi connectivity index (χ2v) is 7.66. The van der Waals surface area contributed by atoms with Crippen LogP contribution in [0.3, 0.4) is 0 Å². The van der Waals surface area contributed by atoms with Crippen LogP contribution in [0.25, 0.3) is 0 Å². The third-order valence-electron chi connectivity index (χ3n) is 5.10. The number of nitrogens with one attached hydrogen (secondary N) is 1. The van der Waals surface area contributed by atoms with Gasteiger partial charge in [0.25, 0.3) is 0 Å². The van der Waals surface area contributed by atoms with E-state index in [9.17, 15) is 4.79 Å². The molecular formula is C21H25Cl2N3O. The van der Waals surface area contributed by atoms with Crippen molar-refractivity contribution in [3.8, 4) is 0 Å². The van der Waals surface area contributed by atoms with Gasteiger partial charge in [0, 0.05) is 32.7 Å². The zero-order valence-corrected chi connectivity index (χ0v) is 17.0. The zero-order valence-electron chi connectivity index (χ0n) is 15.5. The Kier molecular flexibility index (Phi) is 7.13. The fraction of sp³-hybridized carbons (Fsp3) is 0.381. The van der Waals surface area contributed by atoms with Gasteiger partial charge in [-0.15, -0.1) is 0 Å². The third-order valence-corrected chi connectivity index (χ3v) is 5.92. The van der Waals surface area contributed by atoms with Crippen molar-refractivity contribution in [3.05, 3.63) is 64.1 Å². The monoisotopic (exact) mass is 405 g/mol. The molecule has 27 heavy (non-hydrogen) atoms. The molecule has 0 radical (unpaired) electrons. The summed E-state index contributed by atoms with van der Waals surface area (Å²) in [6, 6.07) is 15.6. The molecule has 1 aliphatic heterocycles. The number of benzene rings is 2. The molecular weight excluding hydrogens is 381 g/mol. The van der Waals surface area contributed by atoms with Crippen LogP contribution in [-0.2, 0) is 11.2 Å². The first-order chi connectivity index (χ1) is 13.0. The quantitative estimate of drug-likeness (QED) is 0.782. The van der Waals surface area contributed by atoms with Gasteiger partial charge in [-0.2, -0.15) is 0 Å². The lowest BCUT2D eigenvalue weighted by atomic mass is 10.1. The number of carbonyl (C=O) groups excluding carboxylic acids is 1. The fourth-order valence-electron chi connectivity index (χ4n) is 3.31. The molecule has 0 spiro atoms. The molecule has 1 saturated heterocycles. The molecule has 1 aliphatic rings. The Hall–Kier alpha value is -1.59. The molecule has 144 valence electrons. The number of hydrogen-bond acceptors (Lipinski definition) is 3. The number of rotatable bonds is 6. The second-order valence-electron chi connectivity index (χ2n) is 6.88. The molecule has 1 N–H and O–H groups in total. The Morgan fingerprint density at radius 2 is 1.74 bits per heavy atom. The average molecular weight is 406 g/mol. The first kappa shape index (κ1) is 20.2. The Labute approximate surface area is 171 Å². The molecule has 2 aromatic rings. The number of anilines is 1. The van der Waals surface area contributed by atoms with Crippen LogP contribution in [0.15, 0.2) is 48.5 Å². The Balaban J connectivity index is 1.47. The minimum absolute atomic E-state index is 0.0584. The summed E-state index contributed by atoms with van der Waals surface area (Å²) in [4.78, 5) is 17.3. The summed E-state index contributed by atoms with van der Waals surface area (Å²) >= 11 is 12.2. The zero-order chi connectivity index (χ0) is 19.2. The number of halogens is 2. The lowest BCUT2D eigenvalue weighted by Gasteiger charge is -2.37. The maximum absolute atomic E-state index is 12.6. The minimum Gasteiger partial charge on any atom is -0.323 e. The van der Waals surface area contributed by atoms with Gasteiger partial charge in [-0.05, 0) is 31.0 Å². The molecule has 1 fully saturated rings. The summed E-state index contributed by atoms with van der Waals surface area (Å²) in [6.45, 7) is 6.70. The van der Waals surface area contributed by atoms with Gasteiger partial charge in [-0.3, -0.25) is 9.69 Å². The van der Waals surface area contributed by atoms with Crippen molar-refractivity contribution in [2.75, 3.05) is 38.0 Å². The van der Waals surface area contributed by atoms with E-state index in [-0.39, 0.29) is 11.9 Å². The molecule has 4 nitrogen and oxygen atoms in total. The van der Waals surface area contributed by atoms with Crippen LogP contribution in [0.1, 0.15) is 12.5 Å². The van der Waals surface area contributed by atoms with Gasteiger partial charge in [-0.1, -0.05) is 59.6 Å². The lowest BCUT2D eigenvalue weighted by molar-refractivity contribution is -0.121. The highest BCUT2D eigenvalue weighted by Crippen LogP contribution is 2.29. The summed E-state index contributed by atoms with van der Waals surface area (Å²) < 4.78 is 0. The summed E-state index contributed by atoms with van der Waals surface area (Å²) in [7, 11) is 0. The van der Waals surface area contributed by atoms with E-state index in [2.05, 4.69) is 39.4 Å². The van der Waals surface area contributed by atoms with Crippen LogP contribution in [0.2, 0.25) is 10.0 Å². The highest BCUT2D eigenvalue weighted by atomic mass is 35.5. The summed E-state index contributed by atoms with van der Waals surface area (Å²) in [6.07, 6.45) is 1.06. The summed E-state index contributed by atoms with van der Waals surface area (Å²) in [5.74, 6) is -0.0584. The van der Waals surface area contributed by atoms with E-state index in [1.807, 2.05) is 13.0 Å². The molecule has 1 amide bonds. The van der Waals surface area contributed by atoms with Crippen LogP contribution in [0.5, 0.6) is 0 Å². The average Bonchev–Trinajstić information content (AvgIpc) is 2.70. The van der Waals surface area contributed by atoms with E-state index in [1.54, 1.807) is 18.2 Å². The number of piperazine rings is 1. The van der Waals surface area contributed by atoms with E-state index in [0.29, 0.717) is 15.7 Å². The molecule has 0 aliphatic carbocycles. The van der Waals surface area contributed by atoms with E-state index in [4.69, 9.17) is 23.2 Å². The summed E-state index contributed by atoms with van der Waals surface area (Å²) in [5.41, 5.74) is 1.92. The molecule has 0 aromatic heterocycles. The standard InChI is InChI=1S/C21H25Cl2N3O/c1-16(21(27)24-19-9-5-8-18(22)20(19)23)26-14-12-25(13-15-26)11-10-17-6-3-2-4-7-17/h2-9,16H,10-15H2,1H3,(H,24,27)/t16-/m0/s1. The van der Waals surface area contributed by atoms with Crippen LogP contribution < -0.4 is 5.32 Å². The first-order valence-electron chi connectivity index (χ1n) is 9.30. The number of nitrogens with zero attached hydrogens (tertiary/aromatic N) is 2. The Morgan fingerprint density at radius 3 is 2.44 bits per heavy atom. The van der Waals surface area contributed by atoms with Crippen LogP contribution in [0.4, 0.5) is 5.69 Å². The smallest absolute Gasteiger partial charge is 0.241 e. The van der Waals surface area contributed by atoms with Crippen LogP contribution in [-0.4, -0.2) is 54.5 Å². The maximum Gasteiger partial charge on any atom is 0.241 e. The van der Waals surface area contributed by atoms with Crippen molar-refractivity contribution in [2.24, 2.45) is 0 Å². The molecule has 0 saturated carbocycles. The van der Waals surface area contributed by atoms with E-state index in [1.165, 1.54) is 5.56 Å². The number of amides is 1. The van der Waals surface area contributed by atoms with Gasteiger partial charge in [0.1, 0.15) is 0 Å². The number of hydrogen-bond donors (Lipinski definition) is 1. The molecule has 6 heteroatoms. The van der Waals surface area contributed by atoms with E-state index in [0.717, 1.165) is 39.1 Å². The van der Waals surface area contributed by atoms with Crippen molar-refractivity contribution in [1.29, 1.82) is 0 Å². The predicted octanol–water partition coefficient (Wildman–Crippen LogP) is 4.18. The topological polar surface area (TPSA) is 35.6 Å². The molecule has 0 unspecified atom stereocenters. The van der Waals surface area contributed by atoms with Crippen LogP contribution in [0, 0.1) is 0 Å². The van der Waals surface area contributed by atoms with Gasteiger partial charge in [0.15, 0.2) is 0 Å². The maximum atomic E-state index is 12.6. The van der Waals surface area contributed by atoms with E-state index < -0.39 is 0 Å². The highest BCUT2D eigenvalue weighted by Gasteiger charge is 2.26. The van der Waals surface area contributed by atoms with Gasteiger partial charge >= 0.3 is 0 Å². The summed E-state index contributed by atoms with van der Waals surface area (Å²) in [5, 5.41) is 3.71. The van der Waals surface area contributed by atoms with Crippen LogP contribution >= 0.6 is 23.2 Å². The molecule has 2 aromatic carbocycles.